The highest BCUT2D eigenvalue weighted by Gasteiger charge is 2.20. The maximum atomic E-state index is 12.3. The summed E-state index contributed by atoms with van der Waals surface area (Å²) in [5.74, 6) is -0.434. The van der Waals surface area contributed by atoms with Crippen LogP contribution in [0.3, 0.4) is 0 Å². The predicted octanol–water partition coefficient (Wildman–Crippen LogP) is 3.02. The molecule has 0 saturated heterocycles. The molecule has 1 aromatic carbocycles. The SMILES string of the molecule is COC(=O)C(C)NC(=O)c1nc(SCc2ccc(C)cc2)ncc1Cl. The second-order valence-electron chi connectivity index (χ2n) is 5.34. The monoisotopic (exact) mass is 379 g/mol. The molecule has 2 aromatic rings. The molecular weight excluding hydrogens is 362 g/mol. The van der Waals surface area contributed by atoms with E-state index < -0.39 is 17.9 Å². The fraction of sp³-hybridized carbons (Fsp3) is 0.294. The average molecular weight is 380 g/mol. The molecule has 1 N–H and O–H groups in total. The number of esters is 1. The van der Waals surface area contributed by atoms with Crippen molar-refractivity contribution in [1.29, 1.82) is 0 Å². The smallest absolute Gasteiger partial charge is 0.328 e. The fourth-order valence-electron chi connectivity index (χ4n) is 1.91. The van der Waals surface area contributed by atoms with Crippen LogP contribution in [-0.4, -0.2) is 35.0 Å². The van der Waals surface area contributed by atoms with Gasteiger partial charge in [0.1, 0.15) is 6.04 Å². The first-order valence-electron chi connectivity index (χ1n) is 7.50. The quantitative estimate of drug-likeness (QED) is 0.472. The Morgan fingerprint density at radius 2 is 2.00 bits per heavy atom. The van der Waals surface area contributed by atoms with Gasteiger partial charge in [0.05, 0.1) is 18.3 Å². The Hall–Kier alpha value is -2.12. The number of halogens is 1. The first-order valence-corrected chi connectivity index (χ1v) is 8.86. The van der Waals surface area contributed by atoms with Crippen LogP contribution in [0, 0.1) is 6.92 Å². The number of nitrogens with zero attached hydrogens (tertiary/aromatic N) is 2. The summed E-state index contributed by atoms with van der Waals surface area (Å²) in [5.41, 5.74) is 2.34. The Morgan fingerprint density at radius 1 is 1.32 bits per heavy atom. The van der Waals surface area contributed by atoms with Crippen LogP contribution in [0.4, 0.5) is 0 Å². The topological polar surface area (TPSA) is 81.2 Å². The number of aromatic nitrogens is 2. The maximum Gasteiger partial charge on any atom is 0.328 e. The molecule has 0 aliphatic carbocycles. The van der Waals surface area contributed by atoms with Gasteiger partial charge in [0.15, 0.2) is 10.9 Å². The highest BCUT2D eigenvalue weighted by Crippen LogP contribution is 2.22. The fourth-order valence-corrected chi connectivity index (χ4v) is 2.86. The van der Waals surface area contributed by atoms with Crippen LogP contribution in [-0.2, 0) is 15.3 Å². The lowest BCUT2D eigenvalue weighted by Crippen LogP contribution is -2.39. The third kappa shape index (κ3) is 5.44. The van der Waals surface area contributed by atoms with Crippen molar-refractivity contribution in [2.24, 2.45) is 0 Å². The summed E-state index contributed by atoms with van der Waals surface area (Å²) in [4.78, 5) is 32.0. The van der Waals surface area contributed by atoms with E-state index >= 15 is 0 Å². The zero-order valence-corrected chi connectivity index (χ0v) is 15.6. The van der Waals surface area contributed by atoms with Gasteiger partial charge in [0.2, 0.25) is 0 Å². The lowest BCUT2D eigenvalue weighted by atomic mass is 10.2. The molecule has 0 spiro atoms. The Morgan fingerprint density at radius 3 is 2.64 bits per heavy atom. The Balaban J connectivity index is 2.07. The molecule has 1 amide bonds. The van der Waals surface area contributed by atoms with Crippen molar-refractivity contribution in [3.8, 4) is 0 Å². The molecule has 25 heavy (non-hydrogen) atoms. The zero-order chi connectivity index (χ0) is 18.4. The standard InChI is InChI=1S/C17H18ClN3O3S/c1-10-4-6-12(7-5-10)9-25-17-19-8-13(18)14(21-17)15(22)20-11(2)16(23)24-3/h4-8,11H,9H2,1-3H3,(H,20,22). The molecule has 1 atom stereocenters. The molecule has 0 aliphatic heterocycles. The first-order chi connectivity index (χ1) is 11.9. The molecule has 0 fully saturated rings. The van der Waals surface area contributed by atoms with Crippen molar-refractivity contribution in [3.63, 3.8) is 0 Å². The molecular formula is C17H18ClN3O3S. The maximum absolute atomic E-state index is 12.3. The van der Waals surface area contributed by atoms with Crippen LogP contribution < -0.4 is 5.32 Å². The number of amides is 1. The molecule has 0 saturated carbocycles. The Kier molecular flexibility index (Phi) is 6.78. The average Bonchev–Trinajstić information content (AvgIpc) is 2.61. The molecule has 2 rings (SSSR count). The largest absolute Gasteiger partial charge is 0.467 e. The van der Waals surface area contributed by atoms with Crippen molar-refractivity contribution in [1.82, 2.24) is 15.3 Å². The third-order valence-electron chi connectivity index (χ3n) is 3.33. The number of carbonyl (C=O) groups is 2. The first kappa shape index (κ1) is 19.2. The van der Waals surface area contributed by atoms with Gasteiger partial charge >= 0.3 is 5.97 Å². The molecule has 6 nitrogen and oxygen atoms in total. The van der Waals surface area contributed by atoms with Gasteiger partial charge < -0.3 is 10.1 Å². The van der Waals surface area contributed by atoms with E-state index in [0.29, 0.717) is 10.9 Å². The number of thioether (sulfide) groups is 1. The van der Waals surface area contributed by atoms with Crippen molar-refractivity contribution >= 4 is 35.2 Å². The minimum absolute atomic E-state index is 0.0267. The molecule has 1 heterocycles. The van der Waals surface area contributed by atoms with Crippen LogP contribution >= 0.6 is 23.4 Å². The normalized spacial score (nSPS) is 11.7. The number of aryl methyl sites for hydroxylation is 1. The molecule has 1 unspecified atom stereocenters. The van der Waals surface area contributed by atoms with Crippen molar-refractivity contribution < 1.29 is 14.3 Å². The second kappa shape index (κ2) is 8.82. The van der Waals surface area contributed by atoms with Crippen molar-refractivity contribution in [2.75, 3.05) is 7.11 Å². The summed E-state index contributed by atoms with van der Waals surface area (Å²) in [6.45, 7) is 3.55. The zero-order valence-electron chi connectivity index (χ0n) is 14.1. The molecule has 132 valence electrons. The number of nitrogens with one attached hydrogen (secondary N) is 1. The number of hydrogen-bond donors (Lipinski definition) is 1. The number of benzene rings is 1. The molecule has 0 bridgehead atoms. The van der Waals surface area contributed by atoms with Crippen molar-refractivity contribution in [2.45, 2.75) is 30.8 Å². The lowest BCUT2D eigenvalue weighted by molar-refractivity contribution is -0.142. The molecule has 0 radical (unpaired) electrons. The predicted molar refractivity (Wildman–Crippen MR) is 96.7 cm³/mol. The number of rotatable bonds is 6. The van der Waals surface area contributed by atoms with E-state index in [1.807, 2.05) is 31.2 Å². The van der Waals surface area contributed by atoms with E-state index in [1.54, 1.807) is 0 Å². The number of hydrogen-bond acceptors (Lipinski definition) is 6. The highest BCUT2D eigenvalue weighted by molar-refractivity contribution is 7.98. The van der Waals surface area contributed by atoms with Gasteiger partial charge in [0, 0.05) is 5.75 Å². The van der Waals surface area contributed by atoms with Crippen LogP contribution in [0.1, 0.15) is 28.5 Å². The number of carbonyl (C=O) groups excluding carboxylic acids is 2. The van der Waals surface area contributed by atoms with E-state index in [-0.39, 0.29) is 10.7 Å². The van der Waals surface area contributed by atoms with Gasteiger partial charge in [-0.2, -0.15) is 0 Å². The van der Waals surface area contributed by atoms with Crippen LogP contribution in [0.15, 0.2) is 35.6 Å². The summed E-state index contributed by atoms with van der Waals surface area (Å²) in [7, 11) is 1.25. The summed E-state index contributed by atoms with van der Waals surface area (Å²) in [5, 5.41) is 3.05. The van der Waals surface area contributed by atoms with E-state index in [9.17, 15) is 9.59 Å². The van der Waals surface area contributed by atoms with Gasteiger partial charge in [0.25, 0.3) is 5.91 Å². The van der Waals surface area contributed by atoms with Crippen molar-refractivity contribution in [3.05, 3.63) is 52.3 Å². The van der Waals surface area contributed by atoms with Crippen LogP contribution in [0.5, 0.6) is 0 Å². The molecule has 0 aliphatic rings. The van der Waals surface area contributed by atoms with E-state index in [2.05, 4.69) is 20.0 Å². The van der Waals surface area contributed by atoms with E-state index in [1.165, 1.54) is 37.6 Å². The summed E-state index contributed by atoms with van der Waals surface area (Å²) in [6.07, 6.45) is 1.38. The van der Waals surface area contributed by atoms with Gasteiger partial charge in [-0.05, 0) is 19.4 Å². The summed E-state index contributed by atoms with van der Waals surface area (Å²) >= 11 is 7.41. The second-order valence-corrected chi connectivity index (χ2v) is 6.69. The van der Waals surface area contributed by atoms with Crippen LogP contribution in [0.25, 0.3) is 0 Å². The summed E-state index contributed by atoms with van der Waals surface area (Å²) < 4.78 is 4.58. The van der Waals surface area contributed by atoms with E-state index in [4.69, 9.17) is 11.6 Å². The van der Waals surface area contributed by atoms with Gasteiger partial charge in [-0.15, -0.1) is 0 Å². The minimum atomic E-state index is -0.799. The highest BCUT2D eigenvalue weighted by atomic mass is 35.5. The Bertz CT molecular complexity index is 768. The van der Waals surface area contributed by atoms with Crippen LogP contribution in [0.2, 0.25) is 5.02 Å². The number of methoxy groups -OCH3 is 1. The molecule has 8 heteroatoms. The molecule has 1 aromatic heterocycles. The Labute approximate surface area is 155 Å². The van der Waals surface area contributed by atoms with E-state index in [0.717, 1.165) is 5.56 Å². The third-order valence-corrected chi connectivity index (χ3v) is 4.54. The summed E-state index contributed by atoms with van der Waals surface area (Å²) in [6, 6.07) is 7.33. The minimum Gasteiger partial charge on any atom is -0.467 e. The number of ether oxygens (including phenoxy) is 1. The van der Waals surface area contributed by atoms with Gasteiger partial charge in [-0.1, -0.05) is 53.2 Å². The van der Waals surface area contributed by atoms with Gasteiger partial charge in [-0.25, -0.2) is 14.8 Å². The van der Waals surface area contributed by atoms with Gasteiger partial charge in [-0.3, -0.25) is 4.79 Å². The lowest BCUT2D eigenvalue weighted by Gasteiger charge is -2.12.